The highest BCUT2D eigenvalue weighted by Gasteiger charge is 2.12. The number of anilines is 1. The second-order valence-electron chi connectivity index (χ2n) is 4.04. The summed E-state index contributed by atoms with van der Waals surface area (Å²) in [6, 6.07) is 5.57. The van der Waals surface area contributed by atoms with Crippen LogP contribution in [0.2, 0.25) is 5.15 Å². The maximum Gasteiger partial charge on any atom is 0.247 e. The Morgan fingerprint density at radius 1 is 1.26 bits per heavy atom. The Bertz CT molecular complexity index is 656. The van der Waals surface area contributed by atoms with Gasteiger partial charge in [-0.3, -0.25) is 0 Å². The molecule has 0 saturated heterocycles. The molecule has 0 bridgehead atoms. The topological polar surface area (TPSA) is 84.8 Å². The van der Waals surface area contributed by atoms with E-state index in [1.807, 2.05) is 13.8 Å². The molecule has 0 atom stereocenters. The molecule has 96 valence electrons. The van der Waals surface area contributed by atoms with Crippen LogP contribution < -0.4 is 10.5 Å². The monoisotopic (exact) mass is 274 g/mol. The fraction of sp³-hybridized carbons (Fsp3) is 0.154. The number of nitrogens with two attached hydrogens (primary N) is 1. The van der Waals surface area contributed by atoms with Gasteiger partial charge in [0.25, 0.3) is 0 Å². The van der Waals surface area contributed by atoms with E-state index in [0.717, 1.165) is 11.1 Å². The lowest BCUT2D eigenvalue weighted by atomic mass is 10.1. The van der Waals surface area contributed by atoms with Crippen molar-refractivity contribution in [2.24, 2.45) is 0 Å². The molecule has 2 aromatic rings. The van der Waals surface area contributed by atoms with Crippen LogP contribution in [0.1, 0.15) is 16.7 Å². The van der Waals surface area contributed by atoms with Crippen molar-refractivity contribution in [1.82, 2.24) is 9.97 Å². The summed E-state index contributed by atoms with van der Waals surface area (Å²) >= 11 is 5.81. The van der Waals surface area contributed by atoms with Crippen LogP contribution in [0.25, 0.3) is 0 Å². The third kappa shape index (κ3) is 2.59. The summed E-state index contributed by atoms with van der Waals surface area (Å²) in [5, 5.41) is 9.05. The van der Waals surface area contributed by atoms with Gasteiger partial charge in [0.15, 0.2) is 5.15 Å². The van der Waals surface area contributed by atoms with E-state index in [1.54, 1.807) is 12.1 Å². The van der Waals surface area contributed by atoms with E-state index in [-0.39, 0.29) is 16.7 Å². The molecule has 0 aliphatic rings. The molecule has 1 heterocycles. The Morgan fingerprint density at radius 2 is 1.89 bits per heavy atom. The number of hydrogen-bond acceptors (Lipinski definition) is 5. The van der Waals surface area contributed by atoms with Crippen LogP contribution in [0.15, 0.2) is 18.5 Å². The number of nitriles is 1. The van der Waals surface area contributed by atoms with Crippen LogP contribution >= 0.6 is 11.6 Å². The molecule has 0 aliphatic carbocycles. The first kappa shape index (κ1) is 13.1. The summed E-state index contributed by atoms with van der Waals surface area (Å²) in [6.07, 6.45) is 1.28. The highest BCUT2D eigenvalue weighted by molar-refractivity contribution is 6.32. The van der Waals surface area contributed by atoms with Crippen LogP contribution in [0.5, 0.6) is 11.6 Å². The number of nitrogen functional groups attached to an aromatic ring is 1. The molecule has 0 aliphatic heterocycles. The number of aromatic nitrogens is 2. The smallest absolute Gasteiger partial charge is 0.247 e. The number of nitrogens with zero attached hydrogens (tertiary/aromatic N) is 3. The van der Waals surface area contributed by atoms with E-state index < -0.39 is 0 Å². The van der Waals surface area contributed by atoms with Gasteiger partial charge in [-0.1, -0.05) is 11.6 Å². The first-order chi connectivity index (χ1) is 9.02. The quantitative estimate of drug-likeness (QED) is 0.851. The minimum atomic E-state index is 0.147. The predicted octanol–water partition coefficient (Wildman–Crippen LogP) is 2.99. The van der Waals surface area contributed by atoms with Crippen molar-refractivity contribution in [3.05, 3.63) is 40.3 Å². The van der Waals surface area contributed by atoms with Gasteiger partial charge in [0.2, 0.25) is 5.88 Å². The zero-order valence-corrected chi connectivity index (χ0v) is 11.2. The first-order valence-corrected chi connectivity index (χ1v) is 5.86. The third-order valence-corrected chi connectivity index (χ3v) is 2.89. The maximum absolute atomic E-state index is 8.90. The fourth-order valence-electron chi connectivity index (χ4n) is 1.71. The third-order valence-electron chi connectivity index (χ3n) is 2.59. The number of halogens is 1. The van der Waals surface area contributed by atoms with Gasteiger partial charge in [0.1, 0.15) is 17.8 Å². The second-order valence-corrected chi connectivity index (χ2v) is 4.39. The van der Waals surface area contributed by atoms with E-state index in [2.05, 4.69) is 16.0 Å². The van der Waals surface area contributed by atoms with Gasteiger partial charge in [-0.15, -0.1) is 0 Å². The highest BCUT2D eigenvalue weighted by atomic mass is 35.5. The average Bonchev–Trinajstić information content (AvgIpc) is 2.38. The lowest BCUT2D eigenvalue weighted by Gasteiger charge is -2.12. The summed E-state index contributed by atoms with van der Waals surface area (Å²) in [5.41, 5.74) is 8.17. The molecule has 6 heteroatoms. The normalized spacial score (nSPS) is 10.0. The molecule has 2 N–H and O–H groups in total. The van der Waals surface area contributed by atoms with Crippen LogP contribution in [-0.4, -0.2) is 9.97 Å². The second kappa shape index (κ2) is 5.12. The molecular formula is C13H11ClN4O. The molecule has 0 fully saturated rings. The lowest BCUT2D eigenvalue weighted by molar-refractivity contribution is 0.457. The van der Waals surface area contributed by atoms with E-state index in [4.69, 9.17) is 27.3 Å². The summed E-state index contributed by atoms with van der Waals surface area (Å²) in [4.78, 5) is 7.71. The lowest BCUT2D eigenvalue weighted by Crippen LogP contribution is -2.00. The predicted molar refractivity (Wildman–Crippen MR) is 72.2 cm³/mol. The first-order valence-electron chi connectivity index (χ1n) is 5.48. The minimum Gasteiger partial charge on any atom is -0.436 e. The van der Waals surface area contributed by atoms with Crippen LogP contribution in [0.4, 0.5) is 5.69 Å². The Balaban J connectivity index is 2.45. The minimum absolute atomic E-state index is 0.147. The molecule has 0 radical (unpaired) electrons. The highest BCUT2D eigenvalue weighted by Crippen LogP contribution is 2.33. The van der Waals surface area contributed by atoms with Gasteiger partial charge >= 0.3 is 0 Å². The molecule has 19 heavy (non-hydrogen) atoms. The van der Waals surface area contributed by atoms with Crippen molar-refractivity contribution in [2.45, 2.75) is 13.8 Å². The van der Waals surface area contributed by atoms with Crippen molar-refractivity contribution in [3.63, 3.8) is 0 Å². The number of benzene rings is 1. The Kier molecular flexibility index (Phi) is 3.54. The average molecular weight is 275 g/mol. The Hall–Kier alpha value is -2.32. The Morgan fingerprint density at radius 3 is 2.47 bits per heavy atom. The molecule has 2 rings (SSSR count). The molecule has 0 unspecified atom stereocenters. The van der Waals surface area contributed by atoms with E-state index >= 15 is 0 Å². The van der Waals surface area contributed by atoms with E-state index in [9.17, 15) is 0 Å². The number of rotatable bonds is 2. The molecular weight excluding hydrogens is 264 g/mol. The van der Waals surface area contributed by atoms with Crippen LogP contribution in [0, 0.1) is 25.2 Å². The van der Waals surface area contributed by atoms with E-state index in [1.165, 1.54) is 6.33 Å². The molecule has 1 aromatic heterocycles. The van der Waals surface area contributed by atoms with Gasteiger partial charge in [-0.2, -0.15) is 10.2 Å². The summed E-state index contributed by atoms with van der Waals surface area (Å²) in [5.74, 6) is 0.816. The standard InChI is InChI=1S/C13H11ClN4O/c1-7-3-9(5-15)4-8(2)11(7)19-13-10(16)12(14)17-6-18-13/h3-4,6H,16H2,1-2H3. The van der Waals surface area contributed by atoms with Gasteiger partial charge in [0.05, 0.1) is 11.6 Å². The zero-order chi connectivity index (χ0) is 14.0. The summed E-state index contributed by atoms with van der Waals surface area (Å²) < 4.78 is 5.68. The van der Waals surface area contributed by atoms with Crippen molar-refractivity contribution >= 4 is 17.3 Å². The van der Waals surface area contributed by atoms with Gasteiger partial charge in [-0.25, -0.2) is 4.98 Å². The van der Waals surface area contributed by atoms with Crippen molar-refractivity contribution < 1.29 is 4.74 Å². The molecule has 0 saturated carbocycles. The fourth-order valence-corrected chi connectivity index (χ4v) is 1.84. The molecule has 0 spiro atoms. The van der Waals surface area contributed by atoms with Gasteiger partial charge in [0, 0.05) is 0 Å². The SMILES string of the molecule is Cc1cc(C#N)cc(C)c1Oc1ncnc(Cl)c1N. The molecule has 5 nitrogen and oxygen atoms in total. The van der Waals surface area contributed by atoms with Crippen LogP contribution in [-0.2, 0) is 0 Å². The number of aryl methyl sites for hydroxylation is 2. The number of ether oxygens (including phenoxy) is 1. The zero-order valence-electron chi connectivity index (χ0n) is 10.4. The van der Waals surface area contributed by atoms with Crippen molar-refractivity contribution in [1.29, 1.82) is 5.26 Å². The maximum atomic E-state index is 8.90. The van der Waals surface area contributed by atoms with E-state index in [0.29, 0.717) is 11.3 Å². The Labute approximate surface area is 115 Å². The number of hydrogen-bond donors (Lipinski definition) is 1. The van der Waals surface area contributed by atoms with Gasteiger partial charge < -0.3 is 10.5 Å². The molecule has 1 aromatic carbocycles. The van der Waals surface area contributed by atoms with Crippen LogP contribution in [0.3, 0.4) is 0 Å². The summed E-state index contributed by atoms with van der Waals surface area (Å²) in [6.45, 7) is 3.70. The largest absolute Gasteiger partial charge is 0.436 e. The van der Waals surface area contributed by atoms with Crippen molar-refractivity contribution in [2.75, 3.05) is 5.73 Å². The van der Waals surface area contributed by atoms with Gasteiger partial charge in [-0.05, 0) is 37.1 Å². The van der Waals surface area contributed by atoms with Crippen molar-refractivity contribution in [3.8, 4) is 17.7 Å². The summed E-state index contributed by atoms with van der Waals surface area (Å²) in [7, 11) is 0. The molecule has 0 amide bonds.